The fraction of sp³-hybridized carbons (Fsp3) is 0.375. The fourth-order valence-corrected chi connectivity index (χ4v) is 5.45. The molecule has 0 aliphatic carbocycles. The largest absolute Gasteiger partial charge is 0.491 e. The van der Waals surface area contributed by atoms with E-state index in [1.807, 2.05) is 40.9 Å². The van der Waals surface area contributed by atoms with E-state index in [1.165, 1.54) is 16.7 Å². The van der Waals surface area contributed by atoms with E-state index in [1.54, 1.807) is 0 Å². The Balaban J connectivity index is 1.41. The maximum Gasteiger partial charge on any atom is 0.272 e. The highest BCUT2D eigenvalue weighted by Crippen LogP contribution is 2.27. The average molecular weight is 511 g/mol. The van der Waals surface area contributed by atoms with Crippen molar-refractivity contribution in [3.05, 3.63) is 95.3 Å². The lowest BCUT2D eigenvalue weighted by molar-refractivity contribution is 0.0719. The molecule has 1 atom stereocenters. The van der Waals surface area contributed by atoms with Crippen molar-refractivity contribution >= 4 is 16.9 Å². The van der Waals surface area contributed by atoms with Gasteiger partial charge in [-0.2, -0.15) is 0 Å². The monoisotopic (exact) mass is 510 g/mol. The molecule has 6 heteroatoms. The maximum atomic E-state index is 13.7. The lowest BCUT2D eigenvalue weighted by atomic mass is 9.91. The first-order valence-corrected chi connectivity index (χ1v) is 13.6. The molecule has 0 radical (unpaired) electrons. The fourth-order valence-electron chi connectivity index (χ4n) is 5.45. The highest BCUT2D eigenvalue weighted by molar-refractivity contribution is 5.94. The zero-order valence-corrected chi connectivity index (χ0v) is 22.8. The van der Waals surface area contributed by atoms with Gasteiger partial charge in [0.1, 0.15) is 23.7 Å². The molecule has 0 fully saturated rings. The maximum absolute atomic E-state index is 13.7. The van der Waals surface area contributed by atoms with Crippen molar-refractivity contribution in [2.24, 2.45) is 7.05 Å². The molecule has 3 heterocycles. The molecular weight excluding hydrogens is 472 g/mol. The van der Waals surface area contributed by atoms with E-state index in [9.17, 15) is 4.79 Å². The van der Waals surface area contributed by atoms with Crippen LogP contribution < -0.4 is 4.74 Å². The molecule has 0 saturated carbocycles. The highest BCUT2D eigenvalue weighted by atomic mass is 16.5. The normalized spacial score (nSPS) is 18.0. The number of hydrogen-bond acceptors (Lipinski definition) is 4. The van der Waals surface area contributed by atoms with Crippen molar-refractivity contribution in [3.8, 4) is 5.75 Å². The smallest absolute Gasteiger partial charge is 0.272 e. The average Bonchev–Trinajstić information content (AvgIpc) is 3.30. The van der Waals surface area contributed by atoms with Gasteiger partial charge in [-0.25, -0.2) is 4.98 Å². The third-order valence-corrected chi connectivity index (χ3v) is 7.61. The zero-order chi connectivity index (χ0) is 26.5. The molecule has 1 amide bonds. The Morgan fingerprint density at radius 2 is 1.79 bits per heavy atom. The van der Waals surface area contributed by atoms with Gasteiger partial charge < -0.3 is 19.1 Å². The summed E-state index contributed by atoms with van der Waals surface area (Å²) in [7, 11) is 4.15. The highest BCUT2D eigenvalue weighted by Gasteiger charge is 2.21. The number of fused-ring (bicyclic) bond motifs is 2. The number of aryl methyl sites for hydroxylation is 2. The quantitative estimate of drug-likeness (QED) is 0.342. The lowest BCUT2D eigenvalue weighted by Crippen LogP contribution is -2.36. The van der Waals surface area contributed by atoms with Gasteiger partial charge >= 0.3 is 0 Å². The topological polar surface area (TPSA) is 50.6 Å². The minimum Gasteiger partial charge on any atom is -0.491 e. The first-order chi connectivity index (χ1) is 18.5. The summed E-state index contributed by atoms with van der Waals surface area (Å²) in [5.41, 5.74) is 5.10. The molecule has 0 N–H and O–H groups in total. The predicted octanol–water partition coefficient (Wildman–Crippen LogP) is 5.80. The van der Waals surface area contributed by atoms with E-state index in [-0.39, 0.29) is 5.91 Å². The van der Waals surface area contributed by atoms with Crippen LogP contribution in [0.5, 0.6) is 5.75 Å². The first-order valence-electron chi connectivity index (χ1n) is 13.6. The number of ether oxygens (including phenoxy) is 1. The Bertz CT molecular complexity index is 1380. The Kier molecular flexibility index (Phi) is 8.08. The van der Waals surface area contributed by atoms with Gasteiger partial charge in [0.2, 0.25) is 0 Å². The number of carbonyl (C=O) groups excluding carboxylic acids is 1. The van der Waals surface area contributed by atoms with Crippen molar-refractivity contribution < 1.29 is 9.53 Å². The minimum atomic E-state index is -0.0380. The van der Waals surface area contributed by atoms with Gasteiger partial charge in [-0.15, -0.1) is 0 Å². The molecule has 2 aromatic heterocycles. The van der Waals surface area contributed by atoms with Crippen LogP contribution in [0.3, 0.4) is 0 Å². The molecule has 2 aromatic carbocycles. The minimum absolute atomic E-state index is 0.0380. The van der Waals surface area contributed by atoms with Gasteiger partial charge in [-0.1, -0.05) is 48.0 Å². The Hall–Kier alpha value is -3.64. The van der Waals surface area contributed by atoms with Gasteiger partial charge in [0.05, 0.1) is 6.54 Å². The SMILES string of the molecule is Cc1ccc2c(c1)CN(C)CCC(c1ccccc1)CCCN(C(=O)c1ccc3ccn(C)c3n1)CCO2. The van der Waals surface area contributed by atoms with Crippen LogP contribution in [0.15, 0.2) is 72.9 Å². The van der Waals surface area contributed by atoms with E-state index in [0.717, 1.165) is 49.1 Å². The summed E-state index contributed by atoms with van der Waals surface area (Å²) in [6.07, 6.45) is 5.00. The number of nitrogens with zero attached hydrogens (tertiary/aromatic N) is 4. The summed E-state index contributed by atoms with van der Waals surface area (Å²) in [5, 5.41) is 1.04. The Morgan fingerprint density at radius 1 is 0.947 bits per heavy atom. The first kappa shape index (κ1) is 26.0. The van der Waals surface area contributed by atoms with Gasteiger partial charge in [0, 0.05) is 37.3 Å². The number of amides is 1. The molecule has 0 bridgehead atoms. The van der Waals surface area contributed by atoms with Gasteiger partial charge in [0.15, 0.2) is 0 Å². The third-order valence-electron chi connectivity index (χ3n) is 7.61. The van der Waals surface area contributed by atoms with E-state index < -0.39 is 0 Å². The van der Waals surface area contributed by atoms with Crippen LogP contribution in [0.25, 0.3) is 11.0 Å². The molecule has 1 aliphatic rings. The molecule has 0 saturated heterocycles. The van der Waals surface area contributed by atoms with E-state index in [4.69, 9.17) is 9.72 Å². The second kappa shape index (κ2) is 11.8. The van der Waals surface area contributed by atoms with Crippen LogP contribution in [-0.4, -0.2) is 58.5 Å². The van der Waals surface area contributed by atoms with Crippen LogP contribution >= 0.6 is 0 Å². The van der Waals surface area contributed by atoms with Crippen LogP contribution in [0, 0.1) is 6.92 Å². The van der Waals surface area contributed by atoms with E-state index >= 15 is 0 Å². The number of hydrogen-bond donors (Lipinski definition) is 0. The predicted molar refractivity (Wildman–Crippen MR) is 153 cm³/mol. The van der Waals surface area contributed by atoms with E-state index in [0.29, 0.717) is 31.3 Å². The van der Waals surface area contributed by atoms with E-state index in [2.05, 4.69) is 67.4 Å². The number of pyridine rings is 1. The molecule has 1 aliphatic heterocycles. The van der Waals surface area contributed by atoms with Crippen molar-refractivity contribution in [1.29, 1.82) is 0 Å². The number of rotatable bonds is 2. The van der Waals surface area contributed by atoms with Crippen LogP contribution in [0.1, 0.15) is 52.4 Å². The summed E-state index contributed by atoms with van der Waals surface area (Å²) in [6.45, 7) is 5.59. The third kappa shape index (κ3) is 6.08. The van der Waals surface area contributed by atoms with Crippen molar-refractivity contribution in [2.45, 2.75) is 38.6 Å². The van der Waals surface area contributed by atoms with Gasteiger partial charge in [0.25, 0.3) is 5.91 Å². The standard InChI is InChI=1S/C32H38N4O2/c1-24-11-14-30-28(22-24)23-34(2)18-15-26(25-8-5-4-6-9-25)10-7-17-36(20-21-38-30)32(37)29-13-12-27-16-19-35(3)31(27)33-29/h4-6,8-9,11-14,16,19,22,26H,7,10,15,17-18,20-21,23H2,1-3H3. The molecule has 6 nitrogen and oxygen atoms in total. The molecule has 0 spiro atoms. The van der Waals surface area contributed by atoms with Crippen molar-refractivity contribution in [1.82, 2.24) is 19.4 Å². The van der Waals surface area contributed by atoms with Crippen LogP contribution in [0.2, 0.25) is 0 Å². The lowest BCUT2D eigenvalue weighted by Gasteiger charge is -2.27. The van der Waals surface area contributed by atoms with Crippen LogP contribution in [-0.2, 0) is 13.6 Å². The number of benzene rings is 2. The second-order valence-corrected chi connectivity index (χ2v) is 10.6. The molecule has 5 rings (SSSR count). The zero-order valence-electron chi connectivity index (χ0n) is 22.8. The van der Waals surface area contributed by atoms with Crippen LogP contribution in [0.4, 0.5) is 0 Å². The molecular formula is C32H38N4O2. The molecule has 38 heavy (non-hydrogen) atoms. The number of aromatic nitrogens is 2. The summed E-state index contributed by atoms with van der Waals surface area (Å²) in [6, 6.07) is 23.0. The number of carbonyl (C=O) groups is 1. The molecule has 4 aromatic rings. The summed E-state index contributed by atoms with van der Waals surface area (Å²) >= 11 is 0. The van der Waals surface area contributed by atoms with Crippen molar-refractivity contribution in [3.63, 3.8) is 0 Å². The summed E-state index contributed by atoms with van der Waals surface area (Å²) < 4.78 is 8.23. The Morgan fingerprint density at radius 3 is 2.63 bits per heavy atom. The van der Waals surface area contributed by atoms with Gasteiger partial charge in [-0.3, -0.25) is 4.79 Å². The molecule has 1 unspecified atom stereocenters. The van der Waals surface area contributed by atoms with Crippen molar-refractivity contribution in [2.75, 3.05) is 33.3 Å². The Labute approximate surface area is 225 Å². The second-order valence-electron chi connectivity index (χ2n) is 10.6. The van der Waals surface area contributed by atoms with Gasteiger partial charge in [-0.05, 0) is 75.5 Å². The molecule has 198 valence electrons. The summed E-state index contributed by atoms with van der Waals surface area (Å²) in [4.78, 5) is 22.7. The summed E-state index contributed by atoms with van der Waals surface area (Å²) in [5.74, 6) is 1.31.